The normalized spacial score (nSPS) is 17.4. The van der Waals surface area contributed by atoms with Crippen LogP contribution in [0.3, 0.4) is 0 Å². The number of hydrogen-bond acceptors (Lipinski definition) is 7. The molecule has 1 aliphatic carbocycles. The highest BCUT2D eigenvalue weighted by molar-refractivity contribution is 7.91. The average molecular weight is 532 g/mol. The third-order valence-electron chi connectivity index (χ3n) is 7.08. The van der Waals surface area contributed by atoms with Gasteiger partial charge in [0.25, 0.3) is 0 Å². The van der Waals surface area contributed by atoms with E-state index < -0.39 is 15.3 Å². The Labute approximate surface area is 221 Å². The Morgan fingerprint density at radius 1 is 1.03 bits per heavy atom. The quantitative estimate of drug-likeness (QED) is 0.401. The lowest BCUT2D eigenvalue weighted by molar-refractivity contribution is -0.115. The zero-order valence-corrected chi connectivity index (χ0v) is 22.6. The van der Waals surface area contributed by atoms with Gasteiger partial charge in [-0.05, 0) is 63.4 Å². The third kappa shape index (κ3) is 4.60. The number of ketones is 1. The Kier molecular flexibility index (Phi) is 6.38. The van der Waals surface area contributed by atoms with E-state index in [0.717, 1.165) is 11.4 Å². The SMILES string of the molecule is CCS(=O)(=O)c1ccc(CC(=O)Nc2ccc3c(n2)CCC(C)(c2nc(C)cn4cc(C)nc24)C3=O)cc1. The monoisotopic (exact) mass is 531 g/mol. The summed E-state index contributed by atoms with van der Waals surface area (Å²) in [7, 11) is -3.29. The van der Waals surface area contributed by atoms with Crippen LogP contribution in [0.2, 0.25) is 0 Å². The Hall–Kier alpha value is -3.92. The number of nitrogens with one attached hydrogen (secondary N) is 1. The van der Waals surface area contributed by atoms with Crippen molar-refractivity contribution in [1.29, 1.82) is 0 Å². The number of hydrogen-bond donors (Lipinski definition) is 1. The van der Waals surface area contributed by atoms with Crippen LogP contribution in [0.5, 0.6) is 0 Å². The second-order valence-electron chi connectivity index (χ2n) is 9.97. The van der Waals surface area contributed by atoms with E-state index in [0.29, 0.717) is 46.8 Å². The summed E-state index contributed by atoms with van der Waals surface area (Å²) in [6, 6.07) is 9.66. The number of fused-ring (bicyclic) bond motifs is 2. The van der Waals surface area contributed by atoms with E-state index in [4.69, 9.17) is 4.98 Å². The Morgan fingerprint density at radius 3 is 2.39 bits per heavy atom. The molecule has 10 heteroatoms. The van der Waals surface area contributed by atoms with Crippen LogP contribution in [0.4, 0.5) is 5.82 Å². The van der Waals surface area contributed by atoms with Gasteiger partial charge in [0.2, 0.25) is 5.91 Å². The second-order valence-corrected chi connectivity index (χ2v) is 12.2. The number of imidazole rings is 1. The van der Waals surface area contributed by atoms with Crippen LogP contribution in [0.15, 0.2) is 53.7 Å². The average Bonchev–Trinajstić information content (AvgIpc) is 3.25. The van der Waals surface area contributed by atoms with E-state index in [1.807, 2.05) is 37.6 Å². The predicted molar refractivity (Wildman–Crippen MR) is 143 cm³/mol. The van der Waals surface area contributed by atoms with E-state index in [1.54, 1.807) is 31.2 Å². The van der Waals surface area contributed by atoms with Crippen LogP contribution < -0.4 is 5.32 Å². The summed E-state index contributed by atoms with van der Waals surface area (Å²) in [5.41, 5.74) is 4.02. The lowest BCUT2D eigenvalue weighted by Gasteiger charge is -2.32. The number of anilines is 1. The number of rotatable bonds is 6. The standard InChI is InChI=1S/C28H29N5O4S/c1-5-38(36,37)20-8-6-19(7-9-20)14-24(34)32-23-11-10-21-22(31-23)12-13-28(4,26(21)35)25-27-30-18(3)16-33(27)15-17(2)29-25/h6-11,15-16H,5,12-14H2,1-4H3,(H,31,32,34). The first-order chi connectivity index (χ1) is 18.0. The lowest BCUT2D eigenvalue weighted by atomic mass is 9.71. The van der Waals surface area contributed by atoms with Crippen LogP contribution in [0.25, 0.3) is 5.65 Å². The van der Waals surface area contributed by atoms with Crippen LogP contribution >= 0.6 is 0 Å². The first kappa shape index (κ1) is 25.7. The number of carbonyl (C=O) groups is 2. The number of pyridine rings is 1. The molecule has 1 unspecified atom stereocenters. The van der Waals surface area contributed by atoms with E-state index in [-0.39, 0.29) is 28.8 Å². The molecule has 9 nitrogen and oxygen atoms in total. The van der Waals surface area contributed by atoms with Crippen LogP contribution in [-0.4, -0.2) is 45.2 Å². The van der Waals surface area contributed by atoms with E-state index in [2.05, 4.69) is 15.3 Å². The van der Waals surface area contributed by atoms with Crippen molar-refractivity contribution in [3.8, 4) is 0 Å². The van der Waals surface area contributed by atoms with Gasteiger partial charge < -0.3 is 9.72 Å². The molecule has 0 fully saturated rings. The van der Waals surface area contributed by atoms with Crippen molar-refractivity contribution in [2.75, 3.05) is 11.1 Å². The maximum Gasteiger partial charge on any atom is 0.229 e. The second kappa shape index (κ2) is 9.43. The maximum absolute atomic E-state index is 13.7. The number of benzene rings is 1. The molecule has 1 atom stereocenters. The van der Waals surface area contributed by atoms with Crippen molar-refractivity contribution in [1.82, 2.24) is 19.4 Å². The van der Waals surface area contributed by atoms with Gasteiger partial charge in [0, 0.05) is 18.0 Å². The van der Waals surface area contributed by atoms with Crippen LogP contribution in [0, 0.1) is 13.8 Å². The molecule has 0 bridgehead atoms. The highest BCUT2D eigenvalue weighted by Crippen LogP contribution is 2.39. The fourth-order valence-electron chi connectivity index (χ4n) is 4.94. The molecule has 1 amide bonds. The smallest absolute Gasteiger partial charge is 0.229 e. The van der Waals surface area contributed by atoms with Gasteiger partial charge in [-0.3, -0.25) is 14.6 Å². The summed E-state index contributed by atoms with van der Waals surface area (Å²) in [5, 5.41) is 2.79. The van der Waals surface area contributed by atoms with Gasteiger partial charge in [-0.15, -0.1) is 0 Å². The third-order valence-corrected chi connectivity index (χ3v) is 8.83. The number of carbonyl (C=O) groups excluding carboxylic acids is 2. The Morgan fingerprint density at radius 2 is 1.71 bits per heavy atom. The van der Waals surface area contributed by atoms with E-state index in [9.17, 15) is 18.0 Å². The summed E-state index contributed by atoms with van der Waals surface area (Å²) in [6.45, 7) is 7.32. The fraction of sp³-hybridized carbons (Fsp3) is 0.321. The minimum atomic E-state index is -3.29. The number of aromatic nitrogens is 4. The van der Waals surface area contributed by atoms with Gasteiger partial charge >= 0.3 is 0 Å². The zero-order valence-electron chi connectivity index (χ0n) is 21.8. The molecular formula is C28H29N5O4S. The van der Waals surface area contributed by atoms with Crippen molar-refractivity contribution in [2.45, 2.75) is 57.3 Å². The Balaban J connectivity index is 1.34. The zero-order chi connectivity index (χ0) is 27.2. The van der Waals surface area contributed by atoms with Gasteiger partial charge in [0.1, 0.15) is 5.82 Å². The molecule has 3 heterocycles. The molecule has 1 N–H and O–H groups in total. The molecule has 196 valence electrons. The molecule has 0 radical (unpaired) electrons. The number of Topliss-reactive ketones (excluding diaryl/α,β-unsaturated/α-hetero) is 1. The van der Waals surface area contributed by atoms with Crippen molar-refractivity contribution in [3.63, 3.8) is 0 Å². The minimum absolute atomic E-state index is 0.0212. The van der Waals surface area contributed by atoms with Gasteiger partial charge in [-0.25, -0.2) is 18.4 Å². The number of aryl methyl sites for hydroxylation is 3. The summed E-state index contributed by atoms with van der Waals surface area (Å²) in [5.74, 6) is 0.0478. The van der Waals surface area contributed by atoms with Gasteiger partial charge in [-0.1, -0.05) is 19.1 Å². The highest BCUT2D eigenvalue weighted by Gasteiger charge is 2.43. The molecular weight excluding hydrogens is 502 g/mol. The van der Waals surface area contributed by atoms with Gasteiger partial charge in [0.15, 0.2) is 21.3 Å². The van der Waals surface area contributed by atoms with Crippen LogP contribution in [-0.2, 0) is 32.9 Å². The van der Waals surface area contributed by atoms with E-state index >= 15 is 0 Å². The summed E-state index contributed by atoms with van der Waals surface area (Å²) >= 11 is 0. The molecule has 38 heavy (non-hydrogen) atoms. The van der Waals surface area contributed by atoms with Gasteiger partial charge in [0.05, 0.1) is 45.3 Å². The van der Waals surface area contributed by atoms with E-state index in [1.165, 1.54) is 12.1 Å². The van der Waals surface area contributed by atoms with Crippen molar-refractivity contribution in [2.24, 2.45) is 0 Å². The first-order valence-corrected chi connectivity index (χ1v) is 14.1. The van der Waals surface area contributed by atoms with Crippen molar-refractivity contribution < 1.29 is 18.0 Å². The fourth-order valence-corrected chi connectivity index (χ4v) is 5.83. The first-order valence-electron chi connectivity index (χ1n) is 12.5. The Bertz CT molecular complexity index is 1690. The number of amides is 1. The molecule has 3 aromatic heterocycles. The minimum Gasteiger partial charge on any atom is -0.310 e. The summed E-state index contributed by atoms with van der Waals surface area (Å²) < 4.78 is 25.9. The summed E-state index contributed by atoms with van der Waals surface area (Å²) in [4.78, 5) is 40.6. The predicted octanol–water partition coefficient (Wildman–Crippen LogP) is 3.80. The highest BCUT2D eigenvalue weighted by atomic mass is 32.2. The molecule has 0 saturated heterocycles. The molecule has 4 aromatic rings. The van der Waals surface area contributed by atoms with Crippen molar-refractivity contribution >= 4 is 33.0 Å². The number of nitrogens with zero attached hydrogens (tertiary/aromatic N) is 4. The molecule has 1 aliphatic rings. The summed E-state index contributed by atoms with van der Waals surface area (Å²) in [6.07, 6.45) is 4.98. The molecule has 0 aliphatic heterocycles. The maximum atomic E-state index is 13.7. The van der Waals surface area contributed by atoms with Gasteiger partial charge in [-0.2, -0.15) is 0 Å². The number of sulfone groups is 1. The van der Waals surface area contributed by atoms with Crippen LogP contribution in [0.1, 0.15) is 59.0 Å². The molecule has 1 aromatic carbocycles. The molecule has 0 saturated carbocycles. The lowest BCUT2D eigenvalue weighted by Crippen LogP contribution is -2.39. The topological polar surface area (TPSA) is 123 Å². The molecule has 0 spiro atoms. The largest absolute Gasteiger partial charge is 0.310 e. The molecule has 5 rings (SSSR count). The van der Waals surface area contributed by atoms with Crippen molar-refractivity contribution in [3.05, 3.63) is 82.7 Å².